The van der Waals surface area contributed by atoms with Gasteiger partial charge >= 0.3 is 0 Å². The first-order valence-electron chi connectivity index (χ1n) is 5.57. The van der Waals surface area contributed by atoms with Crippen LogP contribution in [0.3, 0.4) is 0 Å². The topological polar surface area (TPSA) is 12.0 Å². The summed E-state index contributed by atoms with van der Waals surface area (Å²) < 4.78 is 0. The third-order valence-electron chi connectivity index (χ3n) is 2.37. The molecule has 1 rings (SSSR count). The van der Waals surface area contributed by atoms with Crippen molar-refractivity contribution in [2.75, 3.05) is 12.3 Å². The van der Waals surface area contributed by atoms with E-state index in [2.05, 4.69) is 51.2 Å². The molecule has 0 saturated carbocycles. The third kappa shape index (κ3) is 4.27. The van der Waals surface area contributed by atoms with Gasteiger partial charge in [-0.25, -0.2) is 0 Å². The molecule has 0 bridgehead atoms. The minimum Gasteiger partial charge on any atom is -0.314 e. The highest BCUT2D eigenvalue weighted by Gasteiger charge is 2.03. The minimum atomic E-state index is 0.584. The summed E-state index contributed by atoms with van der Waals surface area (Å²) in [5.74, 6) is 1.14. The average Bonchev–Trinajstić information content (AvgIpc) is 2.17. The monoisotopic (exact) mass is 223 g/mol. The molecule has 0 aliphatic carbocycles. The zero-order chi connectivity index (χ0) is 11.3. The van der Waals surface area contributed by atoms with E-state index in [0.29, 0.717) is 6.04 Å². The molecule has 0 amide bonds. The lowest BCUT2D eigenvalue weighted by Gasteiger charge is -2.12. The second-order valence-electron chi connectivity index (χ2n) is 4.04. The Hall–Kier alpha value is -0.470. The van der Waals surface area contributed by atoms with Gasteiger partial charge in [-0.3, -0.25) is 0 Å². The summed E-state index contributed by atoms with van der Waals surface area (Å²) in [5, 5.41) is 3.43. The zero-order valence-corrected chi connectivity index (χ0v) is 10.9. The summed E-state index contributed by atoms with van der Waals surface area (Å²) >= 11 is 1.94. The Morgan fingerprint density at radius 3 is 2.67 bits per heavy atom. The highest BCUT2D eigenvalue weighted by Crippen LogP contribution is 2.23. The first kappa shape index (κ1) is 12.6. The van der Waals surface area contributed by atoms with Crippen LogP contribution in [0.4, 0.5) is 0 Å². The maximum atomic E-state index is 3.43. The van der Waals surface area contributed by atoms with E-state index < -0.39 is 0 Å². The second-order valence-corrected chi connectivity index (χ2v) is 5.10. The van der Waals surface area contributed by atoms with Crippen molar-refractivity contribution in [3.05, 3.63) is 29.3 Å². The van der Waals surface area contributed by atoms with Crippen LogP contribution < -0.4 is 5.32 Å². The van der Waals surface area contributed by atoms with Gasteiger partial charge in [0, 0.05) is 16.7 Å². The molecule has 15 heavy (non-hydrogen) atoms. The number of hydrogen-bond acceptors (Lipinski definition) is 2. The van der Waals surface area contributed by atoms with Gasteiger partial charge in [0.1, 0.15) is 0 Å². The molecule has 2 heteroatoms. The first-order chi connectivity index (χ1) is 7.13. The van der Waals surface area contributed by atoms with Crippen LogP contribution in [0.1, 0.15) is 25.0 Å². The van der Waals surface area contributed by atoms with Crippen LogP contribution in [0.25, 0.3) is 0 Å². The van der Waals surface area contributed by atoms with Crippen molar-refractivity contribution in [1.29, 1.82) is 0 Å². The van der Waals surface area contributed by atoms with Crippen LogP contribution in [0.5, 0.6) is 0 Å². The summed E-state index contributed by atoms with van der Waals surface area (Å²) in [5.41, 5.74) is 2.74. The van der Waals surface area contributed by atoms with Gasteiger partial charge in [-0.15, -0.1) is 11.8 Å². The van der Waals surface area contributed by atoms with E-state index in [-0.39, 0.29) is 0 Å². The molecule has 1 N–H and O–H groups in total. The quantitative estimate of drug-likeness (QED) is 0.768. The van der Waals surface area contributed by atoms with Gasteiger partial charge in [-0.1, -0.05) is 24.6 Å². The van der Waals surface area contributed by atoms with Crippen molar-refractivity contribution in [3.63, 3.8) is 0 Å². The fraction of sp³-hybridized carbons (Fsp3) is 0.538. The van der Waals surface area contributed by atoms with Crippen molar-refractivity contribution in [2.45, 2.75) is 38.6 Å². The molecule has 0 aliphatic rings. The van der Waals surface area contributed by atoms with E-state index in [9.17, 15) is 0 Å². The summed E-state index contributed by atoms with van der Waals surface area (Å²) in [7, 11) is 0. The Morgan fingerprint density at radius 2 is 2.07 bits per heavy atom. The maximum absolute atomic E-state index is 3.43. The van der Waals surface area contributed by atoms with E-state index in [1.54, 1.807) is 0 Å². The largest absolute Gasteiger partial charge is 0.314 e. The molecule has 1 nitrogen and oxygen atoms in total. The lowest BCUT2D eigenvalue weighted by Crippen LogP contribution is -2.27. The van der Waals surface area contributed by atoms with E-state index in [1.165, 1.54) is 16.0 Å². The van der Waals surface area contributed by atoms with Crippen LogP contribution in [0.15, 0.2) is 23.1 Å². The Labute approximate surface area is 97.7 Å². The fourth-order valence-electron chi connectivity index (χ4n) is 1.58. The maximum Gasteiger partial charge on any atom is 0.0133 e. The number of benzene rings is 1. The molecular formula is C13H21NS. The highest BCUT2D eigenvalue weighted by atomic mass is 32.2. The number of nitrogens with one attached hydrogen (secondary N) is 1. The molecule has 1 atom stereocenters. The van der Waals surface area contributed by atoms with Crippen molar-refractivity contribution in [3.8, 4) is 0 Å². The van der Waals surface area contributed by atoms with E-state index in [1.807, 2.05) is 11.8 Å². The number of hydrogen-bond donors (Lipinski definition) is 1. The van der Waals surface area contributed by atoms with Crippen LogP contribution in [-0.2, 0) is 0 Å². The van der Waals surface area contributed by atoms with Crippen molar-refractivity contribution >= 4 is 11.8 Å². The summed E-state index contributed by atoms with van der Waals surface area (Å²) in [6.07, 6.45) is 0. The smallest absolute Gasteiger partial charge is 0.0133 e. The molecule has 0 radical (unpaired) electrons. The first-order valence-corrected chi connectivity index (χ1v) is 6.55. The highest BCUT2D eigenvalue weighted by molar-refractivity contribution is 7.99. The van der Waals surface area contributed by atoms with Crippen molar-refractivity contribution in [1.82, 2.24) is 5.32 Å². The van der Waals surface area contributed by atoms with Crippen LogP contribution in [-0.4, -0.2) is 18.3 Å². The minimum absolute atomic E-state index is 0.584. The van der Waals surface area contributed by atoms with Crippen LogP contribution in [0, 0.1) is 13.8 Å². The van der Waals surface area contributed by atoms with Gasteiger partial charge in [0.05, 0.1) is 0 Å². The Bertz CT molecular complexity index is 309. The van der Waals surface area contributed by atoms with Gasteiger partial charge in [-0.2, -0.15) is 0 Å². The predicted molar refractivity (Wildman–Crippen MR) is 69.8 cm³/mol. The summed E-state index contributed by atoms with van der Waals surface area (Å²) in [6.45, 7) is 9.77. The standard InChI is InChI=1S/C13H21NS/c1-5-14-12(4)9-15-13-7-6-10(2)8-11(13)3/h6-8,12,14H,5,9H2,1-4H3. The Morgan fingerprint density at radius 1 is 1.33 bits per heavy atom. The van der Waals surface area contributed by atoms with E-state index in [0.717, 1.165) is 12.3 Å². The van der Waals surface area contributed by atoms with Gasteiger partial charge in [-0.05, 0) is 38.9 Å². The molecule has 0 saturated heterocycles. The number of rotatable bonds is 5. The second kappa shape index (κ2) is 6.19. The molecule has 0 fully saturated rings. The number of thioether (sulfide) groups is 1. The van der Waals surface area contributed by atoms with Gasteiger partial charge in [0.15, 0.2) is 0 Å². The molecule has 0 heterocycles. The van der Waals surface area contributed by atoms with E-state index >= 15 is 0 Å². The normalized spacial score (nSPS) is 12.8. The van der Waals surface area contributed by atoms with Crippen molar-refractivity contribution in [2.24, 2.45) is 0 Å². The molecule has 1 aromatic rings. The van der Waals surface area contributed by atoms with Crippen molar-refractivity contribution < 1.29 is 0 Å². The molecule has 1 unspecified atom stereocenters. The average molecular weight is 223 g/mol. The van der Waals surface area contributed by atoms with Crippen LogP contribution >= 0.6 is 11.8 Å². The lowest BCUT2D eigenvalue weighted by atomic mass is 10.2. The van der Waals surface area contributed by atoms with Crippen LogP contribution in [0.2, 0.25) is 0 Å². The van der Waals surface area contributed by atoms with E-state index in [4.69, 9.17) is 0 Å². The fourth-order valence-corrected chi connectivity index (χ4v) is 2.58. The molecule has 0 spiro atoms. The summed E-state index contributed by atoms with van der Waals surface area (Å²) in [4.78, 5) is 1.41. The molecule has 0 aromatic heterocycles. The zero-order valence-electron chi connectivity index (χ0n) is 10.1. The SMILES string of the molecule is CCNC(C)CSc1ccc(C)cc1C. The molecule has 1 aromatic carbocycles. The molecule has 84 valence electrons. The molecule has 0 aliphatic heterocycles. The van der Waals surface area contributed by atoms with Gasteiger partial charge < -0.3 is 5.32 Å². The lowest BCUT2D eigenvalue weighted by molar-refractivity contribution is 0.620. The van der Waals surface area contributed by atoms with Gasteiger partial charge in [0.2, 0.25) is 0 Å². The Kier molecular flexibility index (Phi) is 5.20. The third-order valence-corrected chi connectivity index (χ3v) is 3.81. The predicted octanol–water partition coefficient (Wildman–Crippen LogP) is 3.39. The Balaban J connectivity index is 2.50. The van der Waals surface area contributed by atoms with Gasteiger partial charge in [0.25, 0.3) is 0 Å². The summed E-state index contributed by atoms with van der Waals surface area (Å²) in [6, 6.07) is 7.25. The molecular weight excluding hydrogens is 202 g/mol. The number of aryl methyl sites for hydroxylation is 2.